The quantitative estimate of drug-likeness (QED) is 0.432. The van der Waals surface area contributed by atoms with E-state index in [-0.39, 0.29) is 30.3 Å². The van der Waals surface area contributed by atoms with E-state index in [0.717, 1.165) is 43.4 Å². The van der Waals surface area contributed by atoms with E-state index >= 15 is 0 Å². The van der Waals surface area contributed by atoms with Gasteiger partial charge in [-0.25, -0.2) is 4.99 Å². The molecule has 2 aliphatic heterocycles. The second kappa shape index (κ2) is 9.10. The molecule has 1 aromatic heterocycles. The lowest BCUT2D eigenvalue weighted by Crippen LogP contribution is -2.32. The fourth-order valence-corrected chi connectivity index (χ4v) is 4.58. The van der Waals surface area contributed by atoms with E-state index in [2.05, 4.69) is 18.8 Å². The molecule has 1 N–H and O–H groups in total. The monoisotopic (exact) mass is 435 g/mol. The van der Waals surface area contributed by atoms with E-state index < -0.39 is 0 Å². The van der Waals surface area contributed by atoms with E-state index in [4.69, 9.17) is 0 Å². The summed E-state index contributed by atoms with van der Waals surface area (Å²) in [7, 11) is 0. The number of hydrogen-bond donors (Lipinski definition) is 1. The van der Waals surface area contributed by atoms with E-state index in [0.29, 0.717) is 46.5 Å². The molecular weight excluding hydrogens is 406 g/mol. The van der Waals surface area contributed by atoms with Gasteiger partial charge < -0.3 is 5.11 Å². The topological polar surface area (TPSA) is 92.0 Å². The highest BCUT2D eigenvalue weighted by Gasteiger charge is 2.39. The third kappa shape index (κ3) is 3.66. The summed E-state index contributed by atoms with van der Waals surface area (Å²) in [5.41, 5.74) is 2.90. The molecule has 0 saturated heterocycles. The summed E-state index contributed by atoms with van der Waals surface area (Å²) in [6, 6.07) is 6.72. The molecule has 0 fully saturated rings. The standard InChI is InChI=1S/C25H29N3O4/c1-3-5-7-13-18-20-21(22(29)26-18)19(14-8-6-4-2)27(25(20)32)15-28-23(30)16-11-9-10-12-17(16)24(28)31/h9-12,32H,3-8,13-15H2,1-2H3. The average molecular weight is 436 g/mol. The van der Waals surface area contributed by atoms with Gasteiger partial charge in [0, 0.05) is 5.69 Å². The zero-order chi connectivity index (χ0) is 22.8. The fourth-order valence-electron chi connectivity index (χ4n) is 4.58. The number of rotatable bonds is 10. The van der Waals surface area contributed by atoms with Gasteiger partial charge in [0.15, 0.2) is 0 Å². The minimum atomic E-state index is -0.387. The van der Waals surface area contributed by atoms with E-state index in [1.165, 1.54) is 0 Å². The maximum Gasteiger partial charge on any atom is 0.279 e. The first-order chi connectivity index (χ1) is 15.5. The molecule has 0 atom stereocenters. The van der Waals surface area contributed by atoms with Gasteiger partial charge in [-0.1, -0.05) is 51.7 Å². The lowest BCUT2D eigenvalue weighted by atomic mass is 10.0. The lowest BCUT2D eigenvalue weighted by molar-refractivity contribution is 0.0600. The zero-order valence-electron chi connectivity index (χ0n) is 18.7. The molecule has 7 nitrogen and oxygen atoms in total. The van der Waals surface area contributed by atoms with E-state index in [9.17, 15) is 19.5 Å². The van der Waals surface area contributed by atoms with E-state index in [1.54, 1.807) is 28.8 Å². The molecule has 3 amide bonds. The number of amides is 3. The van der Waals surface area contributed by atoms with Gasteiger partial charge in [0.05, 0.1) is 28.0 Å². The van der Waals surface area contributed by atoms with E-state index in [1.807, 2.05) is 0 Å². The minimum absolute atomic E-state index is 0.0795. The molecular formula is C25H29N3O4. The van der Waals surface area contributed by atoms with Crippen LogP contribution in [0.2, 0.25) is 0 Å². The van der Waals surface area contributed by atoms with Crippen molar-refractivity contribution in [2.75, 3.05) is 0 Å². The van der Waals surface area contributed by atoms with Gasteiger partial charge in [-0.3, -0.25) is 23.9 Å². The van der Waals surface area contributed by atoms with Crippen molar-refractivity contribution in [1.82, 2.24) is 9.47 Å². The first-order valence-electron chi connectivity index (χ1n) is 11.5. The van der Waals surface area contributed by atoms with Crippen LogP contribution in [-0.2, 0) is 13.1 Å². The zero-order valence-corrected chi connectivity index (χ0v) is 18.7. The Kier molecular flexibility index (Phi) is 6.26. The van der Waals surface area contributed by atoms with Gasteiger partial charge in [-0.05, 0) is 37.8 Å². The summed E-state index contributed by atoms with van der Waals surface area (Å²) in [5.74, 6) is -1.19. The minimum Gasteiger partial charge on any atom is -0.494 e. The second-order valence-electron chi connectivity index (χ2n) is 8.45. The van der Waals surface area contributed by atoms with Crippen LogP contribution < -0.4 is 0 Å². The molecule has 4 rings (SSSR count). The van der Waals surface area contributed by atoms with Crippen molar-refractivity contribution in [1.29, 1.82) is 0 Å². The third-order valence-electron chi connectivity index (χ3n) is 6.28. The SMILES string of the molecule is CCCCCC1=NC(=O)c2c1c(O)n(CN1C(=O)c3ccccc3C1=O)c2CCCCC. The number of hydrogen-bond acceptors (Lipinski definition) is 4. The van der Waals surface area contributed by atoms with Crippen molar-refractivity contribution in [2.24, 2.45) is 4.99 Å². The number of unbranched alkanes of at least 4 members (excludes halogenated alkanes) is 4. The normalized spacial score (nSPS) is 14.9. The van der Waals surface area contributed by atoms with Crippen molar-refractivity contribution in [2.45, 2.75) is 71.9 Å². The van der Waals surface area contributed by atoms with Gasteiger partial charge in [0.1, 0.15) is 6.67 Å². The highest BCUT2D eigenvalue weighted by Crippen LogP contribution is 2.37. The molecule has 0 saturated carbocycles. The van der Waals surface area contributed by atoms with Crippen molar-refractivity contribution >= 4 is 23.4 Å². The van der Waals surface area contributed by atoms with Crippen LogP contribution in [0, 0.1) is 0 Å². The Hall–Kier alpha value is -3.22. The third-order valence-corrected chi connectivity index (χ3v) is 6.28. The molecule has 168 valence electrons. The van der Waals surface area contributed by atoms with Gasteiger partial charge >= 0.3 is 0 Å². The van der Waals surface area contributed by atoms with Crippen molar-refractivity contribution < 1.29 is 19.5 Å². The average Bonchev–Trinajstić information content (AvgIpc) is 3.35. The van der Waals surface area contributed by atoms with Crippen LogP contribution in [0.25, 0.3) is 0 Å². The molecule has 2 aromatic rings. The Balaban J connectivity index is 1.71. The Morgan fingerprint density at radius 3 is 2.03 bits per heavy atom. The molecule has 0 bridgehead atoms. The summed E-state index contributed by atoms with van der Waals surface area (Å²) in [6.07, 6.45) is 6.97. The summed E-state index contributed by atoms with van der Waals surface area (Å²) < 4.78 is 1.56. The number of fused-ring (bicyclic) bond motifs is 2. The number of carbonyl (C=O) groups excluding carboxylic acids is 3. The van der Waals surface area contributed by atoms with Crippen LogP contribution in [0.5, 0.6) is 5.88 Å². The number of benzene rings is 1. The molecule has 0 radical (unpaired) electrons. The van der Waals surface area contributed by atoms with Crippen molar-refractivity contribution in [3.05, 3.63) is 52.2 Å². The second-order valence-corrected chi connectivity index (χ2v) is 8.45. The van der Waals surface area contributed by atoms with Gasteiger partial charge in [-0.15, -0.1) is 0 Å². The predicted octanol–water partition coefficient (Wildman–Crippen LogP) is 4.70. The molecule has 0 aliphatic carbocycles. The number of imide groups is 1. The van der Waals surface area contributed by atoms with Crippen LogP contribution in [0.3, 0.4) is 0 Å². The first kappa shape index (κ1) is 22.0. The van der Waals surface area contributed by atoms with Crippen LogP contribution in [0.15, 0.2) is 29.3 Å². The van der Waals surface area contributed by atoms with Crippen LogP contribution in [0.4, 0.5) is 0 Å². The Morgan fingerprint density at radius 2 is 1.44 bits per heavy atom. The lowest BCUT2D eigenvalue weighted by Gasteiger charge is -2.19. The molecule has 1 aromatic carbocycles. The van der Waals surface area contributed by atoms with Crippen LogP contribution in [0.1, 0.15) is 101 Å². The number of aromatic hydroxyl groups is 1. The van der Waals surface area contributed by atoms with Gasteiger partial charge in [0.25, 0.3) is 17.7 Å². The van der Waals surface area contributed by atoms with Crippen LogP contribution in [-0.4, -0.2) is 38.0 Å². The number of carbonyl (C=O) groups is 3. The van der Waals surface area contributed by atoms with Crippen LogP contribution >= 0.6 is 0 Å². The maximum absolute atomic E-state index is 12.9. The summed E-state index contributed by atoms with van der Waals surface area (Å²) in [4.78, 5) is 44.0. The maximum atomic E-state index is 12.9. The molecule has 32 heavy (non-hydrogen) atoms. The molecule has 2 aliphatic rings. The highest BCUT2D eigenvalue weighted by molar-refractivity contribution is 6.23. The summed E-state index contributed by atoms with van der Waals surface area (Å²) in [5, 5.41) is 11.2. The summed E-state index contributed by atoms with van der Waals surface area (Å²) >= 11 is 0. The molecule has 3 heterocycles. The fraction of sp³-hybridized carbons (Fsp3) is 0.440. The van der Waals surface area contributed by atoms with Crippen molar-refractivity contribution in [3.63, 3.8) is 0 Å². The Morgan fingerprint density at radius 1 is 0.844 bits per heavy atom. The first-order valence-corrected chi connectivity index (χ1v) is 11.5. The van der Waals surface area contributed by atoms with Crippen molar-refractivity contribution in [3.8, 4) is 5.88 Å². The summed E-state index contributed by atoms with van der Waals surface area (Å²) in [6.45, 7) is 4.08. The largest absolute Gasteiger partial charge is 0.494 e. The highest BCUT2D eigenvalue weighted by atomic mass is 16.3. The number of aromatic nitrogens is 1. The van der Waals surface area contributed by atoms with Gasteiger partial charge in [-0.2, -0.15) is 0 Å². The molecule has 0 spiro atoms. The predicted molar refractivity (Wildman–Crippen MR) is 121 cm³/mol. The number of aliphatic imine (C=N–C) groups is 1. The molecule has 7 heteroatoms. The Labute approximate surface area is 187 Å². The molecule has 0 unspecified atom stereocenters. The smallest absolute Gasteiger partial charge is 0.279 e. The van der Waals surface area contributed by atoms with Gasteiger partial charge in [0.2, 0.25) is 5.88 Å². The number of nitrogens with zero attached hydrogens (tertiary/aromatic N) is 3. The Bertz CT molecular complexity index is 1080.